The average molecular weight is 274 g/mol. The normalized spacial score (nSPS) is 16.4. The molecule has 0 unspecified atom stereocenters. The Morgan fingerprint density at radius 3 is 2.50 bits per heavy atom. The minimum atomic E-state index is 0.178. The molecule has 1 aromatic rings. The molecule has 1 aliphatic rings. The van der Waals surface area contributed by atoms with Crippen LogP contribution in [0.3, 0.4) is 0 Å². The lowest BCUT2D eigenvalue weighted by Crippen LogP contribution is -2.35. The van der Waals surface area contributed by atoms with Crippen LogP contribution in [0.2, 0.25) is 0 Å². The number of nitrogens with zero attached hydrogens (tertiary/aromatic N) is 1. The quantitative estimate of drug-likeness (QED) is 0.848. The Morgan fingerprint density at radius 2 is 1.90 bits per heavy atom. The van der Waals surface area contributed by atoms with Crippen molar-refractivity contribution in [1.29, 1.82) is 0 Å². The fourth-order valence-electron chi connectivity index (χ4n) is 2.70. The summed E-state index contributed by atoms with van der Waals surface area (Å²) in [5.41, 5.74) is 2.99. The Kier molecular flexibility index (Phi) is 5.22. The fraction of sp³-hybridized carbons (Fsp3) is 0.667. The van der Waals surface area contributed by atoms with Gasteiger partial charge in [0.15, 0.2) is 0 Å². The van der Waals surface area contributed by atoms with E-state index in [4.69, 9.17) is 0 Å². The Hall–Kier alpha value is -0.860. The summed E-state index contributed by atoms with van der Waals surface area (Å²) in [5.74, 6) is 0.950. The van der Waals surface area contributed by atoms with Crippen molar-refractivity contribution in [3.63, 3.8) is 0 Å². The lowest BCUT2D eigenvalue weighted by molar-refractivity contribution is 0.200. The van der Waals surface area contributed by atoms with Crippen molar-refractivity contribution in [3.05, 3.63) is 35.4 Å². The highest BCUT2D eigenvalue weighted by Crippen LogP contribution is 2.27. The zero-order chi connectivity index (χ0) is 14.6. The van der Waals surface area contributed by atoms with Crippen LogP contribution in [0, 0.1) is 5.92 Å². The molecule has 1 aromatic carbocycles. The third-order valence-corrected chi connectivity index (χ3v) is 4.06. The molecule has 0 bridgehead atoms. The Bertz CT molecular complexity index is 416. The van der Waals surface area contributed by atoms with E-state index in [1.54, 1.807) is 0 Å². The second-order valence-corrected chi connectivity index (χ2v) is 7.42. The third kappa shape index (κ3) is 5.26. The first-order valence-electron chi connectivity index (χ1n) is 7.94. The molecule has 1 saturated carbocycles. The highest BCUT2D eigenvalue weighted by Gasteiger charge is 2.18. The van der Waals surface area contributed by atoms with Gasteiger partial charge in [-0.05, 0) is 57.7 Å². The van der Waals surface area contributed by atoms with E-state index >= 15 is 0 Å². The Labute approximate surface area is 124 Å². The predicted octanol–water partition coefficient (Wildman–Crippen LogP) is 3.81. The van der Waals surface area contributed by atoms with Crippen molar-refractivity contribution in [2.45, 2.75) is 58.7 Å². The zero-order valence-corrected chi connectivity index (χ0v) is 13.6. The van der Waals surface area contributed by atoms with E-state index in [0.29, 0.717) is 0 Å². The summed E-state index contributed by atoms with van der Waals surface area (Å²) in [6.07, 6.45) is 4.30. The maximum Gasteiger partial charge on any atom is 0.0230 e. The standard InChI is InChI=1S/C18H30N2/c1-18(2,3)19-12-16-9-6-10-17(11-16)14-20(4)13-15-7-5-8-15/h6,9-11,15,19H,5,7-8,12-14H2,1-4H3. The molecule has 0 heterocycles. The highest BCUT2D eigenvalue weighted by molar-refractivity contribution is 5.23. The van der Waals surface area contributed by atoms with Crippen LogP contribution in [0.4, 0.5) is 0 Å². The SMILES string of the molecule is CN(Cc1cccc(CNC(C)(C)C)c1)CC1CCC1. The molecule has 20 heavy (non-hydrogen) atoms. The smallest absolute Gasteiger partial charge is 0.0230 e. The molecular formula is C18H30N2. The monoisotopic (exact) mass is 274 g/mol. The second-order valence-electron chi connectivity index (χ2n) is 7.42. The van der Waals surface area contributed by atoms with Gasteiger partial charge in [0.25, 0.3) is 0 Å². The first kappa shape index (κ1) is 15.5. The van der Waals surface area contributed by atoms with Gasteiger partial charge in [-0.3, -0.25) is 0 Å². The maximum atomic E-state index is 3.56. The molecule has 0 atom stereocenters. The van der Waals surface area contributed by atoms with Crippen LogP contribution < -0.4 is 5.32 Å². The number of hydrogen-bond acceptors (Lipinski definition) is 2. The Balaban J connectivity index is 1.84. The van der Waals surface area contributed by atoms with E-state index in [2.05, 4.69) is 62.3 Å². The zero-order valence-electron chi connectivity index (χ0n) is 13.6. The lowest BCUT2D eigenvalue weighted by atomic mass is 9.85. The summed E-state index contributed by atoms with van der Waals surface area (Å²) in [5, 5.41) is 3.56. The summed E-state index contributed by atoms with van der Waals surface area (Å²) >= 11 is 0. The van der Waals surface area contributed by atoms with Gasteiger partial charge in [-0.25, -0.2) is 0 Å². The summed E-state index contributed by atoms with van der Waals surface area (Å²) in [6, 6.07) is 8.99. The van der Waals surface area contributed by atoms with Crippen LogP contribution >= 0.6 is 0 Å². The molecule has 0 saturated heterocycles. The van der Waals surface area contributed by atoms with Crippen LogP contribution in [-0.4, -0.2) is 24.0 Å². The average Bonchev–Trinajstić information content (AvgIpc) is 2.31. The minimum Gasteiger partial charge on any atom is -0.308 e. The van der Waals surface area contributed by atoms with Gasteiger partial charge in [0.2, 0.25) is 0 Å². The van der Waals surface area contributed by atoms with Crippen molar-refractivity contribution in [2.24, 2.45) is 5.92 Å². The molecule has 112 valence electrons. The summed E-state index contributed by atoms with van der Waals surface area (Å²) < 4.78 is 0. The van der Waals surface area contributed by atoms with Gasteiger partial charge in [-0.2, -0.15) is 0 Å². The van der Waals surface area contributed by atoms with Gasteiger partial charge >= 0.3 is 0 Å². The lowest BCUT2D eigenvalue weighted by Gasteiger charge is -2.30. The van der Waals surface area contributed by atoms with Crippen molar-refractivity contribution in [2.75, 3.05) is 13.6 Å². The van der Waals surface area contributed by atoms with Crippen LogP contribution in [0.25, 0.3) is 0 Å². The van der Waals surface area contributed by atoms with Crippen molar-refractivity contribution >= 4 is 0 Å². The van der Waals surface area contributed by atoms with E-state index in [9.17, 15) is 0 Å². The number of nitrogens with one attached hydrogen (secondary N) is 1. The Morgan fingerprint density at radius 1 is 1.20 bits per heavy atom. The molecule has 0 aliphatic heterocycles. The van der Waals surface area contributed by atoms with Crippen molar-refractivity contribution in [3.8, 4) is 0 Å². The molecule has 1 aliphatic carbocycles. The largest absolute Gasteiger partial charge is 0.308 e. The first-order valence-corrected chi connectivity index (χ1v) is 7.94. The third-order valence-electron chi connectivity index (χ3n) is 4.06. The number of hydrogen-bond donors (Lipinski definition) is 1. The van der Waals surface area contributed by atoms with E-state index in [-0.39, 0.29) is 5.54 Å². The minimum absolute atomic E-state index is 0.178. The van der Waals surface area contributed by atoms with E-state index in [0.717, 1.165) is 19.0 Å². The van der Waals surface area contributed by atoms with Crippen LogP contribution in [0.5, 0.6) is 0 Å². The number of benzene rings is 1. The molecule has 0 radical (unpaired) electrons. The molecule has 0 aromatic heterocycles. The summed E-state index contributed by atoms with van der Waals surface area (Å²) in [7, 11) is 2.25. The van der Waals surface area contributed by atoms with Gasteiger partial charge in [-0.1, -0.05) is 30.7 Å². The van der Waals surface area contributed by atoms with Gasteiger partial charge in [0.05, 0.1) is 0 Å². The fourth-order valence-corrected chi connectivity index (χ4v) is 2.70. The van der Waals surface area contributed by atoms with Gasteiger partial charge in [0, 0.05) is 25.2 Å². The molecule has 2 nitrogen and oxygen atoms in total. The summed E-state index contributed by atoms with van der Waals surface area (Å²) in [4.78, 5) is 2.47. The molecule has 2 rings (SSSR count). The molecule has 0 spiro atoms. The molecule has 0 amide bonds. The van der Waals surface area contributed by atoms with Gasteiger partial charge in [-0.15, -0.1) is 0 Å². The second kappa shape index (κ2) is 6.73. The maximum absolute atomic E-state index is 3.56. The van der Waals surface area contributed by atoms with E-state index < -0.39 is 0 Å². The first-order chi connectivity index (χ1) is 9.42. The van der Waals surface area contributed by atoms with Gasteiger partial charge in [0.1, 0.15) is 0 Å². The predicted molar refractivity (Wildman–Crippen MR) is 86.7 cm³/mol. The van der Waals surface area contributed by atoms with Crippen LogP contribution in [0.15, 0.2) is 24.3 Å². The molecule has 1 N–H and O–H groups in total. The van der Waals surface area contributed by atoms with Crippen molar-refractivity contribution < 1.29 is 0 Å². The van der Waals surface area contributed by atoms with Crippen LogP contribution in [-0.2, 0) is 13.1 Å². The molecule has 2 heteroatoms. The van der Waals surface area contributed by atoms with E-state index in [1.165, 1.54) is 36.9 Å². The van der Waals surface area contributed by atoms with Crippen molar-refractivity contribution in [1.82, 2.24) is 10.2 Å². The number of rotatable bonds is 6. The van der Waals surface area contributed by atoms with Crippen LogP contribution in [0.1, 0.15) is 51.2 Å². The summed E-state index contributed by atoms with van der Waals surface area (Å²) in [6.45, 7) is 9.91. The van der Waals surface area contributed by atoms with E-state index in [1.807, 2.05) is 0 Å². The topological polar surface area (TPSA) is 15.3 Å². The highest BCUT2D eigenvalue weighted by atomic mass is 15.1. The van der Waals surface area contributed by atoms with Gasteiger partial charge < -0.3 is 10.2 Å². The molecule has 1 fully saturated rings. The molecular weight excluding hydrogens is 244 g/mol.